The number of rotatable bonds is 4. The molecule has 2 aromatic rings. The molecule has 108 valence electrons. The Morgan fingerprint density at radius 2 is 1.76 bits per heavy atom. The highest BCUT2D eigenvalue weighted by atomic mass is 16.2. The molecule has 0 unspecified atom stereocenters. The van der Waals surface area contributed by atoms with Crippen LogP contribution in [0.3, 0.4) is 0 Å². The number of nitrogens with one attached hydrogen (secondary N) is 2. The maximum absolute atomic E-state index is 12.3. The van der Waals surface area contributed by atoms with E-state index in [9.17, 15) is 9.59 Å². The molecule has 2 rings (SSSR count). The Kier molecular flexibility index (Phi) is 4.72. The summed E-state index contributed by atoms with van der Waals surface area (Å²) in [6.07, 6.45) is 0.402. The van der Waals surface area contributed by atoms with Crippen LogP contribution in [-0.4, -0.2) is 11.8 Å². The van der Waals surface area contributed by atoms with Crippen molar-refractivity contribution in [1.29, 1.82) is 0 Å². The van der Waals surface area contributed by atoms with E-state index in [0.29, 0.717) is 17.7 Å². The standard InChI is InChI=1S/C17H18N2O2/c1-3-16(20)18-14-9-6-8-13(11-14)17(21)19-15-10-5-4-7-12(15)2/h4-11H,3H2,1-2H3,(H,18,20)(H,19,21). The Labute approximate surface area is 124 Å². The fourth-order valence-electron chi connectivity index (χ4n) is 1.90. The monoisotopic (exact) mass is 282 g/mol. The number of carbonyl (C=O) groups is 2. The van der Waals surface area contributed by atoms with Gasteiger partial charge in [0.15, 0.2) is 0 Å². The minimum absolute atomic E-state index is 0.0774. The van der Waals surface area contributed by atoms with E-state index in [1.807, 2.05) is 31.2 Å². The predicted molar refractivity (Wildman–Crippen MR) is 84.5 cm³/mol. The number of carbonyl (C=O) groups excluding carboxylic acids is 2. The van der Waals surface area contributed by atoms with Gasteiger partial charge in [0.05, 0.1) is 0 Å². The quantitative estimate of drug-likeness (QED) is 0.900. The fourth-order valence-corrected chi connectivity index (χ4v) is 1.90. The normalized spacial score (nSPS) is 10.0. The van der Waals surface area contributed by atoms with Gasteiger partial charge in [-0.1, -0.05) is 31.2 Å². The summed E-state index contributed by atoms with van der Waals surface area (Å²) in [7, 11) is 0. The minimum atomic E-state index is -0.197. The molecule has 0 saturated heterocycles. The molecular weight excluding hydrogens is 264 g/mol. The number of benzene rings is 2. The molecule has 0 atom stereocenters. The van der Waals surface area contributed by atoms with E-state index in [2.05, 4.69) is 10.6 Å². The Bertz CT molecular complexity index is 665. The van der Waals surface area contributed by atoms with Crippen LogP contribution in [-0.2, 0) is 4.79 Å². The van der Waals surface area contributed by atoms with Gasteiger partial charge in [-0.05, 0) is 36.8 Å². The summed E-state index contributed by atoms with van der Waals surface area (Å²) in [4.78, 5) is 23.6. The second-order valence-electron chi connectivity index (χ2n) is 4.75. The zero-order valence-electron chi connectivity index (χ0n) is 12.1. The molecule has 4 heteroatoms. The summed E-state index contributed by atoms with van der Waals surface area (Å²) < 4.78 is 0. The maximum Gasteiger partial charge on any atom is 0.255 e. The first-order chi connectivity index (χ1) is 10.1. The Hall–Kier alpha value is -2.62. The van der Waals surface area contributed by atoms with Crippen LogP contribution in [0.1, 0.15) is 29.3 Å². The van der Waals surface area contributed by atoms with Gasteiger partial charge in [0.2, 0.25) is 5.91 Å². The molecule has 0 heterocycles. The molecule has 0 radical (unpaired) electrons. The van der Waals surface area contributed by atoms with Gasteiger partial charge in [0.25, 0.3) is 5.91 Å². The van der Waals surface area contributed by atoms with Gasteiger partial charge < -0.3 is 10.6 Å². The van der Waals surface area contributed by atoms with Crippen molar-refractivity contribution in [3.8, 4) is 0 Å². The van der Waals surface area contributed by atoms with Gasteiger partial charge in [0, 0.05) is 23.4 Å². The zero-order chi connectivity index (χ0) is 15.2. The first-order valence-electron chi connectivity index (χ1n) is 6.87. The van der Waals surface area contributed by atoms with Gasteiger partial charge in [-0.2, -0.15) is 0 Å². The van der Waals surface area contributed by atoms with Gasteiger partial charge >= 0.3 is 0 Å². The second kappa shape index (κ2) is 6.70. The highest BCUT2D eigenvalue weighted by Crippen LogP contribution is 2.16. The van der Waals surface area contributed by atoms with Crippen molar-refractivity contribution in [1.82, 2.24) is 0 Å². The number of para-hydroxylation sites is 1. The lowest BCUT2D eigenvalue weighted by atomic mass is 10.1. The minimum Gasteiger partial charge on any atom is -0.326 e. The molecule has 0 saturated carbocycles. The van der Waals surface area contributed by atoms with E-state index in [1.165, 1.54) is 0 Å². The van der Waals surface area contributed by atoms with Crippen LogP contribution in [0.25, 0.3) is 0 Å². The van der Waals surface area contributed by atoms with E-state index in [1.54, 1.807) is 31.2 Å². The number of anilines is 2. The van der Waals surface area contributed by atoms with Crippen molar-refractivity contribution in [3.05, 3.63) is 59.7 Å². The van der Waals surface area contributed by atoms with Crippen LogP contribution >= 0.6 is 0 Å². The molecule has 2 amide bonds. The first-order valence-corrected chi connectivity index (χ1v) is 6.87. The molecule has 0 fully saturated rings. The van der Waals surface area contributed by atoms with Crippen LogP contribution in [0.2, 0.25) is 0 Å². The smallest absolute Gasteiger partial charge is 0.255 e. The summed E-state index contributed by atoms with van der Waals surface area (Å²) >= 11 is 0. The fraction of sp³-hybridized carbons (Fsp3) is 0.176. The molecular formula is C17H18N2O2. The third-order valence-corrected chi connectivity index (χ3v) is 3.12. The highest BCUT2D eigenvalue weighted by molar-refractivity contribution is 6.05. The van der Waals surface area contributed by atoms with Crippen LogP contribution in [0.5, 0.6) is 0 Å². The van der Waals surface area contributed by atoms with E-state index >= 15 is 0 Å². The van der Waals surface area contributed by atoms with Crippen LogP contribution in [0.4, 0.5) is 11.4 Å². The van der Waals surface area contributed by atoms with Gasteiger partial charge in [-0.3, -0.25) is 9.59 Å². The molecule has 0 bridgehead atoms. The maximum atomic E-state index is 12.3. The summed E-state index contributed by atoms with van der Waals surface area (Å²) in [5, 5.41) is 5.61. The molecule has 4 nitrogen and oxygen atoms in total. The van der Waals surface area contributed by atoms with Crippen LogP contribution in [0.15, 0.2) is 48.5 Å². The summed E-state index contributed by atoms with van der Waals surface area (Å²) in [6, 6.07) is 14.5. The molecule has 0 aliphatic rings. The molecule has 0 spiro atoms. The number of aryl methyl sites for hydroxylation is 1. The molecule has 2 aromatic carbocycles. The average Bonchev–Trinajstić information content (AvgIpc) is 2.49. The van der Waals surface area contributed by atoms with Crippen molar-refractivity contribution >= 4 is 23.2 Å². The van der Waals surface area contributed by atoms with Crippen molar-refractivity contribution < 1.29 is 9.59 Å². The Balaban J connectivity index is 2.14. The predicted octanol–water partition coefficient (Wildman–Crippen LogP) is 3.60. The average molecular weight is 282 g/mol. The SMILES string of the molecule is CCC(=O)Nc1cccc(C(=O)Nc2ccccc2C)c1. The van der Waals surface area contributed by atoms with Gasteiger partial charge in [0.1, 0.15) is 0 Å². The third kappa shape index (κ3) is 3.92. The zero-order valence-corrected chi connectivity index (χ0v) is 12.1. The molecule has 2 N–H and O–H groups in total. The van der Waals surface area contributed by atoms with Crippen LogP contribution < -0.4 is 10.6 Å². The largest absolute Gasteiger partial charge is 0.326 e. The number of amides is 2. The Morgan fingerprint density at radius 3 is 2.48 bits per heavy atom. The van der Waals surface area contributed by atoms with E-state index in [0.717, 1.165) is 11.3 Å². The highest BCUT2D eigenvalue weighted by Gasteiger charge is 2.08. The number of hydrogen-bond acceptors (Lipinski definition) is 2. The van der Waals surface area contributed by atoms with Gasteiger partial charge in [-0.25, -0.2) is 0 Å². The van der Waals surface area contributed by atoms with Crippen LogP contribution in [0, 0.1) is 6.92 Å². The topological polar surface area (TPSA) is 58.2 Å². The lowest BCUT2D eigenvalue weighted by Gasteiger charge is -2.09. The second-order valence-corrected chi connectivity index (χ2v) is 4.75. The van der Waals surface area contributed by atoms with E-state index in [4.69, 9.17) is 0 Å². The molecule has 0 aromatic heterocycles. The van der Waals surface area contributed by atoms with Crippen molar-refractivity contribution in [2.75, 3.05) is 10.6 Å². The Morgan fingerprint density at radius 1 is 1.00 bits per heavy atom. The van der Waals surface area contributed by atoms with Crippen molar-refractivity contribution in [2.45, 2.75) is 20.3 Å². The van der Waals surface area contributed by atoms with Crippen molar-refractivity contribution in [2.24, 2.45) is 0 Å². The lowest BCUT2D eigenvalue weighted by Crippen LogP contribution is -2.14. The molecule has 21 heavy (non-hydrogen) atoms. The number of hydrogen-bond donors (Lipinski definition) is 2. The van der Waals surface area contributed by atoms with Crippen molar-refractivity contribution in [3.63, 3.8) is 0 Å². The molecule has 0 aliphatic heterocycles. The summed E-state index contributed by atoms with van der Waals surface area (Å²) in [5.41, 5.74) is 2.92. The first kappa shape index (κ1) is 14.8. The van der Waals surface area contributed by atoms with Gasteiger partial charge in [-0.15, -0.1) is 0 Å². The van der Waals surface area contributed by atoms with E-state index < -0.39 is 0 Å². The lowest BCUT2D eigenvalue weighted by molar-refractivity contribution is -0.115. The summed E-state index contributed by atoms with van der Waals surface area (Å²) in [5.74, 6) is -0.275. The summed E-state index contributed by atoms with van der Waals surface area (Å²) in [6.45, 7) is 3.72. The molecule has 0 aliphatic carbocycles. The van der Waals surface area contributed by atoms with E-state index in [-0.39, 0.29) is 11.8 Å². The third-order valence-electron chi connectivity index (χ3n) is 3.12.